The maximum atomic E-state index is 14.0. The zero-order chi connectivity index (χ0) is 24.7. The first-order chi connectivity index (χ1) is 16.8. The smallest absolute Gasteiger partial charge is 0.269 e. The van der Waals surface area contributed by atoms with Crippen molar-refractivity contribution in [1.82, 2.24) is 0 Å². The minimum Gasteiger partial charge on any atom is -0.497 e. The number of carbonyl (C=O) groups excluding carboxylic acids is 3. The van der Waals surface area contributed by atoms with Gasteiger partial charge in [0.2, 0.25) is 16.7 Å². The zero-order valence-electron chi connectivity index (χ0n) is 19.7. The van der Waals surface area contributed by atoms with Gasteiger partial charge in [0, 0.05) is 16.9 Å². The Labute approximate surface area is 208 Å². The molecule has 1 fully saturated rings. The monoisotopic (exact) mass is 487 g/mol. The number of benzene rings is 3. The quantitative estimate of drug-likeness (QED) is 0.583. The number of hydrogen-bond donors (Lipinski definition) is 1. The highest BCUT2D eigenvalue weighted by Gasteiger charge is 2.61. The second-order valence-electron chi connectivity index (χ2n) is 8.62. The third-order valence-corrected chi connectivity index (χ3v) is 7.87. The SMILES string of the molecule is COc1ccc(N2C(=O)CSC23C(=O)N(CC(=O)Nc2ccc(C)c(C)c2)c2ccccc23)cc1. The lowest BCUT2D eigenvalue weighted by atomic mass is 10.0. The van der Waals surface area contributed by atoms with Gasteiger partial charge in [0.05, 0.1) is 18.6 Å². The molecule has 8 heteroatoms. The number of fused-ring (bicyclic) bond motifs is 2. The molecule has 1 atom stereocenters. The lowest BCUT2D eigenvalue weighted by molar-refractivity contribution is -0.124. The van der Waals surface area contributed by atoms with E-state index in [-0.39, 0.29) is 30.0 Å². The molecule has 35 heavy (non-hydrogen) atoms. The number of aryl methyl sites for hydroxylation is 2. The van der Waals surface area contributed by atoms with Gasteiger partial charge in [-0.1, -0.05) is 24.3 Å². The molecule has 2 aliphatic rings. The minimum atomic E-state index is -1.26. The van der Waals surface area contributed by atoms with Gasteiger partial charge in [-0.25, -0.2) is 0 Å². The molecular weight excluding hydrogens is 462 g/mol. The van der Waals surface area contributed by atoms with Crippen molar-refractivity contribution in [3.05, 3.63) is 83.4 Å². The Morgan fingerprint density at radius 2 is 1.77 bits per heavy atom. The predicted octanol–water partition coefficient (Wildman–Crippen LogP) is 4.23. The first kappa shape index (κ1) is 23.0. The van der Waals surface area contributed by atoms with Crippen LogP contribution >= 0.6 is 11.8 Å². The van der Waals surface area contributed by atoms with E-state index in [0.29, 0.717) is 28.4 Å². The molecule has 0 radical (unpaired) electrons. The van der Waals surface area contributed by atoms with Crippen LogP contribution in [0.3, 0.4) is 0 Å². The number of amides is 3. The summed E-state index contributed by atoms with van der Waals surface area (Å²) in [6.07, 6.45) is 0. The first-order valence-corrected chi connectivity index (χ1v) is 12.2. The van der Waals surface area contributed by atoms with Gasteiger partial charge in [-0.15, -0.1) is 11.8 Å². The minimum absolute atomic E-state index is 0.157. The van der Waals surface area contributed by atoms with Crippen molar-refractivity contribution in [3.8, 4) is 5.75 Å². The van der Waals surface area contributed by atoms with Gasteiger partial charge in [-0.2, -0.15) is 0 Å². The number of para-hydroxylation sites is 1. The molecule has 0 aliphatic carbocycles. The molecule has 2 heterocycles. The number of ether oxygens (including phenoxy) is 1. The molecule has 0 aromatic heterocycles. The van der Waals surface area contributed by atoms with Crippen molar-refractivity contribution in [1.29, 1.82) is 0 Å². The normalized spacial score (nSPS) is 18.8. The van der Waals surface area contributed by atoms with Gasteiger partial charge in [0.25, 0.3) is 5.91 Å². The molecule has 3 amide bonds. The molecule has 2 aliphatic heterocycles. The number of nitrogens with zero attached hydrogens (tertiary/aromatic N) is 2. The van der Waals surface area contributed by atoms with Crippen molar-refractivity contribution >= 4 is 46.5 Å². The highest BCUT2D eigenvalue weighted by molar-refractivity contribution is 8.02. The van der Waals surface area contributed by atoms with Crippen LogP contribution in [-0.4, -0.2) is 37.1 Å². The largest absolute Gasteiger partial charge is 0.497 e. The topological polar surface area (TPSA) is 79.0 Å². The van der Waals surface area contributed by atoms with Crippen LogP contribution in [0.4, 0.5) is 17.1 Å². The van der Waals surface area contributed by atoms with Crippen molar-refractivity contribution in [2.45, 2.75) is 18.7 Å². The number of carbonyl (C=O) groups is 3. The molecule has 7 nitrogen and oxygen atoms in total. The summed E-state index contributed by atoms with van der Waals surface area (Å²) < 4.78 is 5.25. The fraction of sp³-hybridized carbons (Fsp3) is 0.222. The van der Waals surface area contributed by atoms with Crippen LogP contribution in [0.1, 0.15) is 16.7 Å². The van der Waals surface area contributed by atoms with E-state index in [9.17, 15) is 14.4 Å². The molecule has 1 unspecified atom stereocenters. The average molecular weight is 488 g/mol. The van der Waals surface area contributed by atoms with E-state index < -0.39 is 4.87 Å². The third kappa shape index (κ3) is 3.74. The number of rotatable bonds is 5. The second-order valence-corrected chi connectivity index (χ2v) is 9.78. The number of hydrogen-bond acceptors (Lipinski definition) is 5. The van der Waals surface area contributed by atoms with Crippen LogP contribution < -0.4 is 19.9 Å². The van der Waals surface area contributed by atoms with Gasteiger partial charge in [-0.05, 0) is 67.4 Å². The third-order valence-electron chi connectivity index (χ3n) is 6.49. The van der Waals surface area contributed by atoms with Gasteiger partial charge >= 0.3 is 0 Å². The number of thioether (sulfide) groups is 1. The molecule has 178 valence electrons. The Kier molecular flexibility index (Phi) is 5.76. The maximum absolute atomic E-state index is 14.0. The summed E-state index contributed by atoms with van der Waals surface area (Å²) in [4.78, 5) is 41.9. The second kappa shape index (κ2) is 8.78. The van der Waals surface area contributed by atoms with E-state index in [1.807, 2.05) is 56.3 Å². The Morgan fingerprint density at radius 3 is 2.49 bits per heavy atom. The number of anilines is 3. The highest BCUT2D eigenvalue weighted by atomic mass is 32.2. The van der Waals surface area contributed by atoms with Crippen molar-refractivity contribution in [2.24, 2.45) is 0 Å². The number of methoxy groups -OCH3 is 1. The van der Waals surface area contributed by atoms with E-state index in [0.717, 1.165) is 11.1 Å². The summed E-state index contributed by atoms with van der Waals surface area (Å²) in [6, 6.07) is 20.1. The molecule has 1 spiro atoms. The van der Waals surface area contributed by atoms with Crippen molar-refractivity contribution in [3.63, 3.8) is 0 Å². The van der Waals surface area contributed by atoms with Gasteiger partial charge in [-0.3, -0.25) is 24.2 Å². The van der Waals surface area contributed by atoms with E-state index >= 15 is 0 Å². The fourth-order valence-electron chi connectivity index (χ4n) is 4.61. The zero-order valence-corrected chi connectivity index (χ0v) is 20.5. The Balaban J connectivity index is 1.49. The van der Waals surface area contributed by atoms with E-state index in [2.05, 4.69) is 5.32 Å². The highest BCUT2D eigenvalue weighted by Crippen LogP contribution is 2.55. The molecule has 0 bridgehead atoms. The first-order valence-electron chi connectivity index (χ1n) is 11.2. The molecular formula is C27H25N3O4S. The van der Waals surface area contributed by atoms with Crippen LogP contribution in [0.25, 0.3) is 0 Å². The van der Waals surface area contributed by atoms with E-state index in [1.165, 1.54) is 16.7 Å². The van der Waals surface area contributed by atoms with Crippen LogP contribution in [0.2, 0.25) is 0 Å². The Hall–Kier alpha value is -3.78. The molecule has 3 aromatic carbocycles. The van der Waals surface area contributed by atoms with Crippen LogP contribution in [0, 0.1) is 13.8 Å². The maximum Gasteiger partial charge on any atom is 0.269 e. The van der Waals surface area contributed by atoms with Crippen LogP contribution in [0.5, 0.6) is 5.75 Å². The summed E-state index contributed by atoms with van der Waals surface area (Å²) in [5.74, 6) is 0.0448. The number of nitrogens with one attached hydrogen (secondary N) is 1. The fourth-order valence-corrected chi connectivity index (χ4v) is 5.97. The standard InChI is InChI=1S/C27H25N3O4S/c1-17-8-9-19(14-18(17)2)28-24(31)15-29-23-7-5-4-6-22(23)27(26(29)33)30(25(32)16-35-27)20-10-12-21(34-3)13-11-20/h4-14H,15-16H2,1-3H3,(H,28,31). The summed E-state index contributed by atoms with van der Waals surface area (Å²) in [5.41, 5.74) is 4.82. The predicted molar refractivity (Wildman–Crippen MR) is 138 cm³/mol. The summed E-state index contributed by atoms with van der Waals surface area (Å²) in [5, 5.41) is 2.90. The van der Waals surface area contributed by atoms with Crippen molar-refractivity contribution in [2.75, 3.05) is 34.5 Å². The molecule has 3 aromatic rings. The molecule has 1 saturated heterocycles. The van der Waals surface area contributed by atoms with Crippen LogP contribution in [-0.2, 0) is 19.3 Å². The molecule has 5 rings (SSSR count). The van der Waals surface area contributed by atoms with Crippen molar-refractivity contribution < 1.29 is 19.1 Å². The Morgan fingerprint density at radius 1 is 1.03 bits per heavy atom. The van der Waals surface area contributed by atoms with E-state index in [4.69, 9.17) is 4.74 Å². The summed E-state index contributed by atoms with van der Waals surface area (Å²) >= 11 is 1.28. The van der Waals surface area contributed by atoms with Gasteiger partial charge in [0.1, 0.15) is 12.3 Å². The lowest BCUT2D eigenvalue weighted by Gasteiger charge is -2.33. The van der Waals surface area contributed by atoms with Gasteiger partial charge < -0.3 is 10.1 Å². The summed E-state index contributed by atoms with van der Waals surface area (Å²) in [6.45, 7) is 3.84. The lowest BCUT2D eigenvalue weighted by Crippen LogP contribution is -2.50. The van der Waals surface area contributed by atoms with E-state index in [1.54, 1.807) is 36.3 Å². The molecule has 0 saturated carbocycles. The van der Waals surface area contributed by atoms with Gasteiger partial charge in [0.15, 0.2) is 0 Å². The van der Waals surface area contributed by atoms with Crippen LogP contribution in [0.15, 0.2) is 66.7 Å². The summed E-state index contributed by atoms with van der Waals surface area (Å²) in [7, 11) is 1.57. The average Bonchev–Trinajstić information content (AvgIpc) is 3.32. The molecule has 1 N–H and O–H groups in total. The Bertz CT molecular complexity index is 1340.